The van der Waals surface area contributed by atoms with Gasteiger partial charge in [0, 0.05) is 13.1 Å². The van der Waals surface area contributed by atoms with Crippen molar-refractivity contribution in [1.82, 2.24) is 10.0 Å². The first-order valence-corrected chi connectivity index (χ1v) is 9.41. The Morgan fingerprint density at radius 1 is 1.08 bits per heavy atom. The van der Waals surface area contributed by atoms with Crippen LogP contribution in [0.5, 0.6) is 0 Å². The predicted molar refractivity (Wildman–Crippen MR) is 92.4 cm³/mol. The highest BCUT2D eigenvalue weighted by Crippen LogP contribution is 2.17. The van der Waals surface area contributed by atoms with Crippen molar-refractivity contribution in [1.29, 1.82) is 0 Å². The van der Waals surface area contributed by atoms with Gasteiger partial charge >= 0.3 is 0 Å². The maximum atomic E-state index is 13.1. The molecule has 2 N–H and O–H groups in total. The van der Waals surface area contributed by atoms with E-state index in [1.54, 1.807) is 18.2 Å². The molecule has 0 fully saturated rings. The summed E-state index contributed by atoms with van der Waals surface area (Å²) in [5.41, 5.74) is 0.658. The van der Waals surface area contributed by atoms with E-state index in [0.29, 0.717) is 10.0 Å². The molecule has 0 aliphatic rings. The fourth-order valence-corrected chi connectivity index (χ4v) is 3.45. The van der Waals surface area contributed by atoms with Gasteiger partial charge in [0.2, 0.25) is 15.9 Å². The molecule has 0 saturated carbocycles. The van der Waals surface area contributed by atoms with Crippen LogP contribution >= 0.6 is 15.9 Å². The maximum Gasteiger partial charge on any atom is 0.240 e. The molecule has 2 aromatic rings. The van der Waals surface area contributed by atoms with Crippen molar-refractivity contribution in [2.75, 3.05) is 13.1 Å². The topological polar surface area (TPSA) is 75.3 Å². The number of hydrogen-bond donors (Lipinski definition) is 2. The van der Waals surface area contributed by atoms with Gasteiger partial charge in [-0.1, -0.05) is 24.3 Å². The molecule has 0 aliphatic heterocycles. The molecular weight excluding hydrogens is 399 g/mol. The Morgan fingerprint density at radius 3 is 2.46 bits per heavy atom. The minimum Gasteiger partial charge on any atom is -0.355 e. The highest BCUT2D eigenvalue weighted by Gasteiger charge is 2.12. The summed E-state index contributed by atoms with van der Waals surface area (Å²) in [6.07, 6.45) is 0.0876. The second-order valence-electron chi connectivity index (χ2n) is 4.99. The Kier molecular flexibility index (Phi) is 6.47. The molecule has 0 heterocycles. The van der Waals surface area contributed by atoms with E-state index in [9.17, 15) is 17.6 Å². The van der Waals surface area contributed by atoms with E-state index < -0.39 is 15.8 Å². The molecule has 2 aromatic carbocycles. The smallest absolute Gasteiger partial charge is 0.240 e. The highest BCUT2D eigenvalue weighted by molar-refractivity contribution is 9.10. The van der Waals surface area contributed by atoms with Crippen LogP contribution in [-0.4, -0.2) is 27.4 Å². The van der Waals surface area contributed by atoms with Crippen LogP contribution in [0.1, 0.15) is 5.56 Å². The molecular formula is C16H16BrFN2O3S. The minimum atomic E-state index is -3.58. The normalized spacial score (nSPS) is 11.2. The zero-order chi connectivity index (χ0) is 17.6. The fourth-order valence-electron chi connectivity index (χ4n) is 1.97. The molecule has 0 bridgehead atoms. The summed E-state index contributed by atoms with van der Waals surface area (Å²) in [5, 5.41) is 2.61. The first-order valence-electron chi connectivity index (χ1n) is 7.14. The second kappa shape index (κ2) is 8.36. The molecule has 0 radical (unpaired) electrons. The standard InChI is InChI=1S/C16H16BrFN2O3S/c17-14-10-12(6-7-15(14)18)11-16(21)19-8-9-20-24(22,23)13-4-2-1-3-5-13/h1-7,10,20H,8-9,11H2,(H,19,21). The molecule has 0 spiro atoms. The molecule has 2 rings (SSSR count). The number of sulfonamides is 1. The van der Waals surface area contributed by atoms with Crippen molar-refractivity contribution in [2.45, 2.75) is 11.3 Å². The van der Waals surface area contributed by atoms with E-state index in [4.69, 9.17) is 0 Å². The van der Waals surface area contributed by atoms with Crippen LogP contribution < -0.4 is 10.0 Å². The summed E-state index contributed by atoms with van der Waals surface area (Å²) >= 11 is 3.06. The third kappa shape index (κ3) is 5.40. The van der Waals surface area contributed by atoms with E-state index >= 15 is 0 Å². The van der Waals surface area contributed by atoms with Crippen LogP contribution in [-0.2, 0) is 21.2 Å². The summed E-state index contributed by atoms with van der Waals surface area (Å²) < 4.78 is 39.8. The quantitative estimate of drug-likeness (QED) is 0.682. The van der Waals surface area contributed by atoms with E-state index in [-0.39, 0.29) is 30.3 Å². The molecule has 5 nitrogen and oxygen atoms in total. The summed E-state index contributed by atoms with van der Waals surface area (Å²) in [7, 11) is -3.58. The van der Waals surface area contributed by atoms with Crippen molar-refractivity contribution in [3.05, 3.63) is 64.4 Å². The Hall–Kier alpha value is -1.77. The summed E-state index contributed by atoms with van der Waals surface area (Å²) in [4.78, 5) is 12.0. The van der Waals surface area contributed by atoms with Crippen LogP contribution in [0.2, 0.25) is 0 Å². The monoisotopic (exact) mass is 414 g/mol. The molecule has 0 aromatic heterocycles. The number of halogens is 2. The minimum absolute atomic E-state index is 0.0794. The Bertz CT molecular complexity index is 813. The lowest BCUT2D eigenvalue weighted by molar-refractivity contribution is -0.120. The van der Waals surface area contributed by atoms with E-state index in [1.165, 1.54) is 30.3 Å². The number of nitrogens with one attached hydrogen (secondary N) is 2. The van der Waals surface area contributed by atoms with Gasteiger partial charge in [0.15, 0.2) is 0 Å². The van der Waals surface area contributed by atoms with Crippen LogP contribution in [0, 0.1) is 5.82 Å². The second-order valence-corrected chi connectivity index (χ2v) is 7.61. The van der Waals surface area contributed by atoms with Gasteiger partial charge in [0.1, 0.15) is 5.82 Å². The molecule has 24 heavy (non-hydrogen) atoms. The summed E-state index contributed by atoms with van der Waals surface area (Å²) in [6.45, 7) is 0.239. The molecule has 0 atom stereocenters. The number of carbonyl (C=O) groups excluding carboxylic acids is 1. The van der Waals surface area contributed by atoms with Crippen molar-refractivity contribution in [2.24, 2.45) is 0 Å². The van der Waals surface area contributed by atoms with Crippen LogP contribution in [0.3, 0.4) is 0 Å². The number of benzene rings is 2. The highest BCUT2D eigenvalue weighted by atomic mass is 79.9. The number of rotatable bonds is 7. The molecule has 128 valence electrons. The van der Waals surface area contributed by atoms with Crippen LogP contribution in [0.4, 0.5) is 4.39 Å². The van der Waals surface area contributed by atoms with E-state index in [1.807, 2.05) is 0 Å². The van der Waals surface area contributed by atoms with Crippen molar-refractivity contribution in [3.8, 4) is 0 Å². The van der Waals surface area contributed by atoms with Gasteiger partial charge in [-0.2, -0.15) is 0 Å². The fraction of sp³-hybridized carbons (Fsp3) is 0.188. The van der Waals surface area contributed by atoms with Crippen LogP contribution in [0.25, 0.3) is 0 Å². The number of hydrogen-bond acceptors (Lipinski definition) is 3. The zero-order valence-corrected chi connectivity index (χ0v) is 15.0. The van der Waals surface area contributed by atoms with Gasteiger partial charge < -0.3 is 5.32 Å². The Balaban J connectivity index is 1.77. The van der Waals surface area contributed by atoms with Gasteiger partial charge in [0.05, 0.1) is 15.8 Å². The Labute approximate surface area is 148 Å². The third-order valence-electron chi connectivity index (χ3n) is 3.14. The average molecular weight is 415 g/mol. The third-order valence-corrected chi connectivity index (χ3v) is 5.23. The lowest BCUT2D eigenvalue weighted by atomic mass is 10.1. The summed E-state index contributed by atoms with van der Waals surface area (Å²) in [6, 6.07) is 12.3. The molecule has 1 amide bonds. The van der Waals surface area contributed by atoms with Gasteiger partial charge in [-0.15, -0.1) is 0 Å². The maximum absolute atomic E-state index is 13.1. The average Bonchev–Trinajstić information content (AvgIpc) is 2.56. The predicted octanol–water partition coefficient (Wildman–Crippen LogP) is 2.23. The molecule has 0 unspecified atom stereocenters. The van der Waals surface area contributed by atoms with Gasteiger partial charge in [0.25, 0.3) is 0 Å². The molecule has 0 saturated heterocycles. The van der Waals surface area contributed by atoms with Gasteiger partial charge in [-0.05, 0) is 45.8 Å². The molecule has 8 heteroatoms. The number of amides is 1. The van der Waals surface area contributed by atoms with Gasteiger partial charge in [-0.25, -0.2) is 17.5 Å². The van der Waals surface area contributed by atoms with E-state index in [0.717, 1.165) is 0 Å². The molecule has 0 aliphatic carbocycles. The Morgan fingerprint density at radius 2 is 1.79 bits per heavy atom. The van der Waals surface area contributed by atoms with E-state index in [2.05, 4.69) is 26.0 Å². The lowest BCUT2D eigenvalue weighted by Gasteiger charge is -2.08. The van der Waals surface area contributed by atoms with Crippen molar-refractivity contribution < 1.29 is 17.6 Å². The van der Waals surface area contributed by atoms with Gasteiger partial charge in [-0.3, -0.25) is 4.79 Å². The lowest BCUT2D eigenvalue weighted by Crippen LogP contribution is -2.35. The first-order chi connectivity index (χ1) is 11.4. The van der Waals surface area contributed by atoms with Crippen molar-refractivity contribution >= 4 is 31.9 Å². The number of carbonyl (C=O) groups is 1. The first kappa shape index (κ1) is 18.6. The summed E-state index contributed by atoms with van der Waals surface area (Å²) in [5.74, 6) is -0.665. The van der Waals surface area contributed by atoms with Crippen molar-refractivity contribution in [3.63, 3.8) is 0 Å². The largest absolute Gasteiger partial charge is 0.355 e. The van der Waals surface area contributed by atoms with Crippen LogP contribution in [0.15, 0.2) is 57.9 Å². The SMILES string of the molecule is O=C(Cc1ccc(F)c(Br)c1)NCCNS(=O)(=O)c1ccccc1. The zero-order valence-electron chi connectivity index (χ0n) is 12.6.